The number of rotatable bonds is 10. The number of anilines is 1. The van der Waals surface area contributed by atoms with Crippen molar-refractivity contribution in [1.29, 1.82) is 0 Å². The summed E-state index contributed by atoms with van der Waals surface area (Å²) in [6.45, 7) is 3.21. The lowest BCUT2D eigenvalue weighted by Crippen LogP contribution is -2.42. The van der Waals surface area contributed by atoms with E-state index in [9.17, 15) is 9.59 Å². The van der Waals surface area contributed by atoms with Gasteiger partial charge >= 0.3 is 0 Å². The van der Waals surface area contributed by atoms with Crippen LogP contribution in [0.3, 0.4) is 0 Å². The van der Waals surface area contributed by atoms with Gasteiger partial charge in [0, 0.05) is 31.0 Å². The van der Waals surface area contributed by atoms with E-state index in [1.54, 1.807) is 24.3 Å². The van der Waals surface area contributed by atoms with Crippen molar-refractivity contribution in [3.05, 3.63) is 95.6 Å². The average molecular weight is 559 g/mol. The van der Waals surface area contributed by atoms with E-state index in [4.69, 9.17) is 26.1 Å². The summed E-state index contributed by atoms with van der Waals surface area (Å²) in [4.78, 5) is 33.2. The maximum Gasteiger partial charge on any atom is 0.255 e. The molecule has 0 radical (unpaired) electrons. The Kier molecular flexibility index (Phi) is 8.78. The van der Waals surface area contributed by atoms with E-state index in [2.05, 4.69) is 5.32 Å². The third-order valence-corrected chi connectivity index (χ3v) is 6.94. The van der Waals surface area contributed by atoms with Crippen LogP contribution >= 0.6 is 11.6 Å². The zero-order valence-electron chi connectivity index (χ0n) is 22.3. The van der Waals surface area contributed by atoms with Gasteiger partial charge in [0.25, 0.3) is 5.91 Å². The predicted octanol–water partition coefficient (Wildman–Crippen LogP) is 5.85. The van der Waals surface area contributed by atoms with Crippen molar-refractivity contribution in [1.82, 2.24) is 14.5 Å². The Balaban J connectivity index is 1.43. The summed E-state index contributed by atoms with van der Waals surface area (Å²) in [7, 11) is 0. The second kappa shape index (κ2) is 12.8. The van der Waals surface area contributed by atoms with E-state index in [-0.39, 0.29) is 31.0 Å². The Hall–Kier alpha value is -4.14. The molecule has 1 atom stereocenters. The summed E-state index contributed by atoms with van der Waals surface area (Å²) in [6, 6.07) is 24.1. The third-order valence-electron chi connectivity index (χ3n) is 6.61. The first-order chi connectivity index (χ1) is 19.5. The number of carbonyl (C=O) groups is 2. The maximum atomic E-state index is 13.5. The molecule has 0 aliphatic carbocycles. The summed E-state index contributed by atoms with van der Waals surface area (Å²) in [6.07, 6.45) is 3.49. The first kappa shape index (κ1) is 27.4. The highest BCUT2D eigenvalue weighted by atomic mass is 35.5. The largest absolute Gasteiger partial charge is 0.494 e. The van der Waals surface area contributed by atoms with Crippen molar-refractivity contribution in [3.63, 3.8) is 0 Å². The molecule has 1 saturated heterocycles. The number of nitrogens with one attached hydrogen (secondary N) is 1. The molecule has 2 amide bonds. The zero-order chi connectivity index (χ0) is 27.9. The molecule has 1 aliphatic rings. The standard InChI is InChI=1S/C31H31ClN4O4/c1-2-39-24-13-8-12-23(18-24)36-20-28(22-10-4-3-5-11-22)33-31(36)34-29(37)21-35(19-25-14-9-17-40-25)30(38)26-15-6-7-16-27(26)32/h3-8,10-13,15-16,18,20,25H,2,9,14,17,19,21H2,1H3,(H,33,34,37)/t25-/m1/s1. The molecule has 0 spiro atoms. The molecule has 8 nitrogen and oxygen atoms in total. The van der Waals surface area contributed by atoms with Gasteiger partial charge in [-0.1, -0.05) is 60.1 Å². The predicted molar refractivity (Wildman–Crippen MR) is 155 cm³/mol. The molecule has 1 aliphatic heterocycles. The number of hydrogen-bond acceptors (Lipinski definition) is 5. The molecule has 0 saturated carbocycles. The molecule has 3 aromatic carbocycles. The fraction of sp³-hybridized carbons (Fsp3) is 0.258. The van der Waals surface area contributed by atoms with Crippen LogP contribution in [0.2, 0.25) is 5.02 Å². The van der Waals surface area contributed by atoms with Crippen LogP contribution < -0.4 is 10.1 Å². The molecule has 5 rings (SSSR count). The second-order valence-electron chi connectivity index (χ2n) is 9.46. The lowest BCUT2D eigenvalue weighted by atomic mass is 10.1. The lowest BCUT2D eigenvalue weighted by molar-refractivity contribution is -0.117. The molecule has 1 aromatic heterocycles. The molecule has 206 valence electrons. The molecule has 9 heteroatoms. The molecule has 40 heavy (non-hydrogen) atoms. The van der Waals surface area contributed by atoms with Crippen molar-refractivity contribution < 1.29 is 19.1 Å². The third kappa shape index (κ3) is 6.52. The summed E-state index contributed by atoms with van der Waals surface area (Å²) >= 11 is 6.33. The van der Waals surface area contributed by atoms with Crippen molar-refractivity contribution in [2.45, 2.75) is 25.9 Å². The van der Waals surface area contributed by atoms with Crippen LogP contribution in [0.25, 0.3) is 16.9 Å². The molecular formula is C31H31ClN4O4. The van der Waals surface area contributed by atoms with Gasteiger partial charge < -0.3 is 14.4 Å². The number of carbonyl (C=O) groups excluding carboxylic acids is 2. The molecule has 0 unspecified atom stereocenters. The number of hydrogen-bond donors (Lipinski definition) is 1. The van der Waals surface area contributed by atoms with Crippen LogP contribution in [0.4, 0.5) is 5.95 Å². The van der Waals surface area contributed by atoms with E-state index >= 15 is 0 Å². The number of halogens is 1. The monoisotopic (exact) mass is 558 g/mol. The Labute approximate surface area is 238 Å². The minimum atomic E-state index is -0.383. The summed E-state index contributed by atoms with van der Waals surface area (Å²) < 4.78 is 13.3. The van der Waals surface area contributed by atoms with Gasteiger partial charge in [-0.3, -0.25) is 19.5 Å². The number of aromatic nitrogens is 2. The van der Waals surface area contributed by atoms with Crippen molar-refractivity contribution >= 4 is 29.4 Å². The Morgan fingerprint density at radius 1 is 1.10 bits per heavy atom. The number of nitrogens with zero attached hydrogens (tertiary/aromatic N) is 3. The normalized spacial score (nSPS) is 14.6. The first-order valence-electron chi connectivity index (χ1n) is 13.3. The van der Waals surface area contributed by atoms with Gasteiger partial charge in [-0.15, -0.1) is 0 Å². The van der Waals surface area contributed by atoms with Crippen LogP contribution in [-0.4, -0.2) is 58.7 Å². The number of imidazole rings is 1. The number of ether oxygens (including phenoxy) is 2. The smallest absolute Gasteiger partial charge is 0.255 e. The highest BCUT2D eigenvalue weighted by molar-refractivity contribution is 6.33. The minimum Gasteiger partial charge on any atom is -0.494 e. The summed E-state index contributed by atoms with van der Waals surface area (Å²) in [5.74, 6) is 0.333. The van der Waals surface area contributed by atoms with Gasteiger partial charge in [-0.2, -0.15) is 0 Å². The van der Waals surface area contributed by atoms with Crippen LogP contribution in [0.15, 0.2) is 85.1 Å². The topological polar surface area (TPSA) is 85.7 Å². The first-order valence-corrected chi connectivity index (χ1v) is 13.7. The van der Waals surface area contributed by atoms with Gasteiger partial charge in [0.05, 0.1) is 34.7 Å². The van der Waals surface area contributed by atoms with Crippen LogP contribution in [0, 0.1) is 0 Å². The molecule has 1 N–H and O–H groups in total. The SMILES string of the molecule is CCOc1cccc(-n2cc(-c3ccccc3)nc2NC(=O)CN(C[C@H]2CCCO2)C(=O)c2ccccc2Cl)c1. The van der Waals surface area contributed by atoms with Crippen molar-refractivity contribution in [2.75, 3.05) is 31.6 Å². The second-order valence-corrected chi connectivity index (χ2v) is 9.87. The summed E-state index contributed by atoms with van der Waals surface area (Å²) in [5, 5.41) is 3.27. The quantitative estimate of drug-likeness (QED) is 0.264. The maximum absolute atomic E-state index is 13.5. The average Bonchev–Trinajstić information content (AvgIpc) is 3.64. The molecule has 0 bridgehead atoms. The summed E-state index contributed by atoms with van der Waals surface area (Å²) in [5.41, 5.74) is 2.72. The molecule has 2 heterocycles. The van der Waals surface area contributed by atoms with Crippen LogP contribution in [-0.2, 0) is 9.53 Å². The van der Waals surface area contributed by atoms with E-state index in [0.29, 0.717) is 41.2 Å². The van der Waals surface area contributed by atoms with Gasteiger partial charge in [0.15, 0.2) is 0 Å². The fourth-order valence-corrected chi connectivity index (χ4v) is 4.92. The van der Waals surface area contributed by atoms with E-state index < -0.39 is 0 Å². The molecule has 1 fully saturated rings. The highest BCUT2D eigenvalue weighted by Gasteiger charge is 2.27. The van der Waals surface area contributed by atoms with Crippen LogP contribution in [0.1, 0.15) is 30.1 Å². The van der Waals surface area contributed by atoms with E-state index in [1.165, 1.54) is 4.90 Å². The lowest BCUT2D eigenvalue weighted by Gasteiger charge is -2.25. The Morgan fingerprint density at radius 2 is 1.90 bits per heavy atom. The van der Waals surface area contributed by atoms with E-state index in [1.807, 2.05) is 72.3 Å². The molecular weight excluding hydrogens is 528 g/mol. The Morgan fingerprint density at radius 3 is 2.65 bits per heavy atom. The number of amides is 2. The van der Waals surface area contributed by atoms with Gasteiger partial charge in [-0.05, 0) is 44.0 Å². The van der Waals surface area contributed by atoms with Crippen molar-refractivity contribution in [2.24, 2.45) is 0 Å². The Bertz CT molecular complexity index is 1470. The number of benzene rings is 3. The zero-order valence-corrected chi connectivity index (χ0v) is 23.0. The van der Waals surface area contributed by atoms with Crippen molar-refractivity contribution in [3.8, 4) is 22.7 Å². The van der Waals surface area contributed by atoms with Gasteiger partial charge in [-0.25, -0.2) is 4.98 Å². The molecule has 4 aromatic rings. The fourth-order valence-electron chi connectivity index (χ4n) is 4.70. The minimum absolute atomic E-state index is 0.132. The van der Waals surface area contributed by atoms with Gasteiger partial charge in [0.2, 0.25) is 11.9 Å². The highest BCUT2D eigenvalue weighted by Crippen LogP contribution is 2.26. The van der Waals surface area contributed by atoms with Gasteiger partial charge in [0.1, 0.15) is 12.3 Å². The van der Waals surface area contributed by atoms with E-state index in [0.717, 1.165) is 24.1 Å². The van der Waals surface area contributed by atoms with Crippen LogP contribution in [0.5, 0.6) is 5.75 Å².